The van der Waals surface area contributed by atoms with Crippen molar-refractivity contribution in [1.82, 2.24) is 0 Å². The van der Waals surface area contributed by atoms with Crippen molar-refractivity contribution in [3.05, 3.63) is 58.0 Å². The highest BCUT2D eigenvalue weighted by molar-refractivity contribution is 7.17. The fourth-order valence-electron chi connectivity index (χ4n) is 4.82. The molecule has 33 heavy (non-hydrogen) atoms. The van der Waals surface area contributed by atoms with Crippen LogP contribution in [0.25, 0.3) is 10.8 Å². The number of carbonyl (C=O) groups is 2. The van der Waals surface area contributed by atoms with Crippen molar-refractivity contribution < 1.29 is 14.3 Å². The third kappa shape index (κ3) is 4.36. The number of hydrogen-bond donors (Lipinski definition) is 2. The summed E-state index contributed by atoms with van der Waals surface area (Å²) in [7, 11) is 0. The molecule has 0 spiro atoms. The van der Waals surface area contributed by atoms with Gasteiger partial charge in [0.2, 0.25) is 0 Å². The van der Waals surface area contributed by atoms with E-state index in [1.807, 2.05) is 43.3 Å². The maximum atomic E-state index is 13.5. The number of ether oxygens (including phenoxy) is 1. The van der Waals surface area contributed by atoms with Gasteiger partial charge in [0.05, 0.1) is 17.7 Å². The minimum atomic E-state index is -0.487. The second-order valence-corrected chi connectivity index (χ2v) is 10.5. The zero-order valence-corrected chi connectivity index (χ0v) is 20.6. The third-order valence-electron chi connectivity index (χ3n) is 7.17. The predicted octanol–water partition coefficient (Wildman–Crippen LogP) is 6.19. The second kappa shape index (κ2) is 9.18. The molecule has 5 nitrogen and oxygen atoms in total. The number of rotatable bonds is 7. The van der Waals surface area contributed by atoms with E-state index in [0.29, 0.717) is 34.4 Å². The molecular weight excluding hydrogens is 432 g/mol. The Morgan fingerprint density at radius 1 is 1.15 bits per heavy atom. The molecule has 1 aliphatic carbocycles. The van der Waals surface area contributed by atoms with Gasteiger partial charge in [-0.3, -0.25) is 9.59 Å². The maximum Gasteiger partial charge on any atom is 0.260 e. The molecule has 0 radical (unpaired) electrons. The van der Waals surface area contributed by atoms with E-state index in [-0.39, 0.29) is 11.3 Å². The molecule has 1 aliphatic rings. The highest BCUT2D eigenvalue weighted by Crippen LogP contribution is 2.45. The maximum absolute atomic E-state index is 13.5. The molecule has 0 bridgehead atoms. The van der Waals surface area contributed by atoms with E-state index < -0.39 is 5.91 Å². The molecule has 3 N–H and O–H groups in total. The van der Waals surface area contributed by atoms with Crippen molar-refractivity contribution in [3.8, 4) is 5.75 Å². The first kappa shape index (κ1) is 23.3. The molecule has 0 saturated carbocycles. The van der Waals surface area contributed by atoms with E-state index in [1.54, 1.807) is 0 Å². The summed E-state index contributed by atoms with van der Waals surface area (Å²) in [5.41, 5.74) is 7.98. The highest BCUT2D eigenvalue weighted by atomic mass is 32.1. The van der Waals surface area contributed by atoms with E-state index >= 15 is 0 Å². The molecule has 1 unspecified atom stereocenters. The van der Waals surface area contributed by atoms with Gasteiger partial charge >= 0.3 is 0 Å². The van der Waals surface area contributed by atoms with Crippen molar-refractivity contribution in [3.63, 3.8) is 0 Å². The van der Waals surface area contributed by atoms with Crippen LogP contribution < -0.4 is 15.8 Å². The van der Waals surface area contributed by atoms with Gasteiger partial charge in [-0.25, -0.2) is 0 Å². The van der Waals surface area contributed by atoms with Crippen LogP contribution in [0.2, 0.25) is 0 Å². The summed E-state index contributed by atoms with van der Waals surface area (Å²) < 4.78 is 5.78. The lowest BCUT2D eigenvalue weighted by Crippen LogP contribution is -2.29. The van der Waals surface area contributed by atoms with Crippen molar-refractivity contribution in [2.75, 3.05) is 11.9 Å². The number of nitrogens with one attached hydrogen (secondary N) is 1. The molecule has 3 aromatic rings. The molecule has 0 saturated heterocycles. The Hall–Kier alpha value is -2.86. The number of anilines is 1. The molecule has 0 fully saturated rings. The van der Waals surface area contributed by atoms with Gasteiger partial charge in [0.25, 0.3) is 11.8 Å². The summed E-state index contributed by atoms with van der Waals surface area (Å²) in [6.45, 7) is 9.19. The second-order valence-electron chi connectivity index (χ2n) is 9.40. The van der Waals surface area contributed by atoms with Crippen molar-refractivity contribution in [1.29, 1.82) is 0 Å². The van der Waals surface area contributed by atoms with Crippen LogP contribution in [-0.2, 0) is 12.8 Å². The molecule has 1 aromatic heterocycles. The minimum Gasteiger partial charge on any atom is -0.493 e. The summed E-state index contributed by atoms with van der Waals surface area (Å²) in [6.07, 6.45) is 3.85. The standard InChI is InChI=1S/C27H32N2O3S/c1-5-27(3,4)17-12-13-19-21(15-17)33-26(23(19)24(28)30)29-25(31)22-18-10-8-7-9-16(18)11-14-20(22)32-6-2/h7-11,14,17H,5-6,12-13,15H2,1-4H3,(H2,28,30)(H,29,31). The molecule has 4 rings (SSSR count). The summed E-state index contributed by atoms with van der Waals surface area (Å²) in [5, 5.41) is 5.33. The fourth-order valence-corrected chi connectivity index (χ4v) is 6.15. The van der Waals surface area contributed by atoms with E-state index in [0.717, 1.165) is 42.0 Å². The average molecular weight is 465 g/mol. The molecular formula is C27H32N2O3S. The predicted molar refractivity (Wildman–Crippen MR) is 135 cm³/mol. The summed E-state index contributed by atoms with van der Waals surface area (Å²) in [6, 6.07) is 11.5. The lowest BCUT2D eigenvalue weighted by Gasteiger charge is -2.36. The molecule has 174 valence electrons. The van der Waals surface area contributed by atoms with Gasteiger partial charge in [0.1, 0.15) is 10.8 Å². The first-order chi connectivity index (χ1) is 15.8. The Bertz CT molecular complexity index is 1210. The number of fused-ring (bicyclic) bond motifs is 2. The smallest absolute Gasteiger partial charge is 0.260 e. The van der Waals surface area contributed by atoms with Gasteiger partial charge in [-0.15, -0.1) is 11.3 Å². The van der Waals surface area contributed by atoms with E-state index in [1.165, 1.54) is 16.2 Å². The van der Waals surface area contributed by atoms with Crippen LogP contribution in [0.3, 0.4) is 0 Å². The lowest BCUT2D eigenvalue weighted by atomic mass is 9.69. The van der Waals surface area contributed by atoms with Gasteiger partial charge in [-0.2, -0.15) is 0 Å². The van der Waals surface area contributed by atoms with Crippen LogP contribution in [0.5, 0.6) is 5.75 Å². The Morgan fingerprint density at radius 3 is 2.61 bits per heavy atom. The Labute approximate surface area is 199 Å². The normalized spacial score (nSPS) is 15.8. The number of benzene rings is 2. The van der Waals surface area contributed by atoms with Crippen LogP contribution in [0.15, 0.2) is 36.4 Å². The van der Waals surface area contributed by atoms with Crippen molar-refractivity contribution >= 4 is 38.9 Å². The molecule has 1 heterocycles. The van der Waals surface area contributed by atoms with Crippen LogP contribution >= 0.6 is 11.3 Å². The van der Waals surface area contributed by atoms with Crippen LogP contribution in [0.4, 0.5) is 5.00 Å². The molecule has 2 aromatic carbocycles. The van der Waals surface area contributed by atoms with Crippen LogP contribution in [0, 0.1) is 11.3 Å². The third-order valence-corrected chi connectivity index (χ3v) is 8.34. The number of hydrogen-bond acceptors (Lipinski definition) is 4. The largest absolute Gasteiger partial charge is 0.493 e. The highest BCUT2D eigenvalue weighted by Gasteiger charge is 2.35. The van der Waals surface area contributed by atoms with Gasteiger partial charge in [0, 0.05) is 4.88 Å². The summed E-state index contributed by atoms with van der Waals surface area (Å²) in [4.78, 5) is 27.2. The lowest BCUT2D eigenvalue weighted by molar-refractivity contribution is 0.0999. The number of carbonyl (C=O) groups excluding carboxylic acids is 2. The molecule has 6 heteroatoms. The van der Waals surface area contributed by atoms with Crippen molar-refractivity contribution in [2.45, 2.75) is 53.4 Å². The quantitative estimate of drug-likeness (QED) is 0.437. The topological polar surface area (TPSA) is 81.4 Å². The Kier molecular flexibility index (Phi) is 6.48. The Morgan fingerprint density at radius 2 is 1.91 bits per heavy atom. The van der Waals surface area contributed by atoms with E-state index in [2.05, 4.69) is 26.1 Å². The zero-order chi connectivity index (χ0) is 23.8. The van der Waals surface area contributed by atoms with Gasteiger partial charge in [0.15, 0.2) is 0 Å². The SMILES string of the molecule is CCOc1ccc2ccccc2c1C(=O)Nc1sc2c(c1C(N)=O)CCC(C(C)(C)CC)C2. The minimum absolute atomic E-state index is 0.229. The number of amides is 2. The number of primary amides is 1. The summed E-state index contributed by atoms with van der Waals surface area (Å²) >= 11 is 1.49. The van der Waals surface area contributed by atoms with Crippen LogP contribution in [-0.4, -0.2) is 18.4 Å². The van der Waals surface area contributed by atoms with Gasteiger partial charge in [-0.1, -0.05) is 57.5 Å². The van der Waals surface area contributed by atoms with E-state index in [9.17, 15) is 9.59 Å². The first-order valence-electron chi connectivity index (χ1n) is 11.7. The van der Waals surface area contributed by atoms with Gasteiger partial charge in [-0.05, 0) is 59.9 Å². The van der Waals surface area contributed by atoms with Crippen LogP contribution in [0.1, 0.15) is 71.7 Å². The number of nitrogens with two attached hydrogens (primary N) is 1. The average Bonchev–Trinajstić information content (AvgIpc) is 3.16. The fraction of sp³-hybridized carbons (Fsp3) is 0.407. The Balaban J connectivity index is 1.73. The van der Waals surface area contributed by atoms with Crippen molar-refractivity contribution in [2.24, 2.45) is 17.1 Å². The molecule has 0 aliphatic heterocycles. The van der Waals surface area contributed by atoms with E-state index in [4.69, 9.17) is 10.5 Å². The molecule has 1 atom stereocenters. The van der Waals surface area contributed by atoms with Gasteiger partial charge < -0.3 is 15.8 Å². The molecule has 2 amide bonds. The first-order valence-corrected chi connectivity index (χ1v) is 12.5. The zero-order valence-electron chi connectivity index (χ0n) is 19.8. The number of thiophene rings is 1. The summed E-state index contributed by atoms with van der Waals surface area (Å²) in [5.74, 6) is 0.293. The monoisotopic (exact) mass is 464 g/mol.